The van der Waals surface area contributed by atoms with Gasteiger partial charge in [-0.05, 0) is 32.1 Å². The van der Waals surface area contributed by atoms with Gasteiger partial charge in [0, 0.05) is 13.1 Å². The highest BCUT2D eigenvalue weighted by Gasteiger charge is 2.34. The quantitative estimate of drug-likeness (QED) is 0.718. The lowest BCUT2D eigenvalue weighted by Crippen LogP contribution is -2.52. The molecule has 1 amide bonds. The van der Waals surface area contributed by atoms with Crippen LogP contribution in [0.3, 0.4) is 0 Å². The fraction of sp³-hybridized carbons (Fsp3) is 0.900. The van der Waals surface area contributed by atoms with Crippen LogP contribution in [0, 0.1) is 5.41 Å². The van der Waals surface area contributed by atoms with Gasteiger partial charge in [-0.15, -0.1) is 0 Å². The van der Waals surface area contributed by atoms with Crippen molar-refractivity contribution in [3.8, 4) is 0 Å². The Labute approximate surface area is 85.2 Å². The lowest BCUT2D eigenvalue weighted by atomic mass is 9.77. The molecule has 0 bridgehead atoms. The van der Waals surface area contributed by atoms with Crippen LogP contribution in [0.4, 0.5) is 4.79 Å². The van der Waals surface area contributed by atoms with Gasteiger partial charge in [0.05, 0.1) is 0 Å². The highest BCUT2D eigenvalue weighted by Crippen LogP contribution is 2.31. The number of primary amides is 1. The molecule has 1 aliphatic rings. The molecule has 0 aromatic carbocycles. The Morgan fingerprint density at radius 2 is 2.14 bits per heavy atom. The number of rotatable bonds is 4. The molecule has 3 N–H and O–H groups in total. The molecule has 14 heavy (non-hydrogen) atoms. The standard InChI is InChI=1S/C10H20N2O2/c1-9(2,14-8(11)13)4-5-10(3)6-12-7-10/h12H,4-7H2,1-3H3,(H2,11,13). The summed E-state index contributed by atoms with van der Waals surface area (Å²) >= 11 is 0. The molecule has 1 rings (SSSR count). The number of carbonyl (C=O) groups excluding carboxylic acids is 1. The first-order valence-electron chi connectivity index (χ1n) is 5.02. The molecule has 82 valence electrons. The average molecular weight is 200 g/mol. The summed E-state index contributed by atoms with van der Waals surface area (Å²) in [4.78, 5) is 10.6. The molecule has 1 aliphatic heterocycles. The second kappa shape index (κ2) is 3.77. The van der Waals surface area contributed by atoms with Crippen LogP contribution in [0.5, 0.6) is 0 Å². The Balaban J connectivity index is 2.31. The van der Waals surface area contributed by atoms with Crippen LogP contribution in [-0.4, -0.2) is 24.8 Å². The summed E-state index contributed by atoms with van der Waals surface area (Å²) in [6.45, 7) is 8.14. The van der Waals surface area contributed by atoms with Gasteiger partial charge in [0.2, 0.25) is 0 Å². The van der Waals surface area contributed by atoms with Crippen molar-refractivity contribution in [1.82, 2.24) is 5.32 Å². The Kier molecular flexibility index (Phi) is 3.04. The van der Waals surface area contributed by atoms with Crippen molar-refractivity contribution in [2.45, 2.75) is 39.2 Å². The molecule has 0 radical (unpaired) electrons. The van der Waals surface area contributed by atoms with E-state index in [1.54, 1.807) is 0 Å². The van der Waals surface area contributed by atoms with Crippen molar-refractivity contribution in [2.75, 3.05) is 13.1 Å². The van der Waals surface area contributed by atoms with Crippen LogP contribution < -0.4 is 11.1 Å². The van der Waals surface area contributed by atoms with Gasteiger partial charge in [0.25, 0.3) is 0 Å². The number of amides is 1. The molecule has 0 saturated carbocycles. The molecular weight excluding hydrogens is 180 g/mol. The maximum Gasteiger partial charge on any atom is 0.405 e. The van der Waals surface area contributed by atoms with Crippen molar-refractivity contribution < 1.29 is 9.53 Å². The fourth-order valence-corrected chi connectivity index (χ4v) is 1.65. The minimum Gasteiger partial charge on any atom is -0.444 e. The number of carbonyl (C=O) groups is 1. The molecule has 1 fully saturated rings. The van der Waals surface area contributed by atoms with E-state index in [0.29, 0.717) is 5.41 Å². The Bertz CT molecular complexity index is 222. The topological polar surface area (TPSA) is 64.3 Å². The Morgan fingerprint density at radius 1 is 1.57 bits per heavy atom. The number of nitrogens with one attached hydrogen (secondary N) is 1. The molecule has 1 heterocycles. The van der Waals surface area contributed by atoms with Gasteiger partial charge in [-0.25, -0.2) is 4.79 Å². The van der Waals surface area contributed by atoms with Crippen molar-refractivity contribution in [1.29, 1.82) is 0 Å². The van der Waals surface area contributed by atoms with E-state index < -0.39 is 11.7 Å². The van der Waals surface area contributed by atoms with E-state index >= 15 is 0 Å². The normalized spacial score (nSPS) is 19.9. The first-order chi connectivity index (χ1) is 6.33. The van der Waals surface area contributed by atoms with Gasteiger partial charge < -0.3 is 15.8 Å². The first kappa shape index (κ1) is 11.3. The molecule has 0 unspecified atom stereocenters. The smallest absolute Gasteiger partial charge is 0.405 e. The van der Waals surface area contributed by atoms with Gasteiger partial charge in [-0.2, -0.15) is 0 Å². The van der Waals surface area contributed by atoms with Crippen LogP contribution in [0.2, 0.25) is 0 Å². The summed E-state index contributed by atoms with van der Waals surface area (Å²) in [6, 6.07) is 0. The van der Waals surface area contributed by atoms with Crippen LogP contribution in [-0.2, 0) is 4.74 Å². The SMILES string of the molecule is CC1(CCC(C)(C)OC(N)=O)CNC1. The van der Waals surface area contributed by atoms with Gasteiger partial charge >= 0.3 is 6.09 Å². The van der Waals surface area contributed by atoms with Gasteiger partial charge in [0.15, 0.2) is 0 Å². The molecule has 0 aliphatic carbocycles. The lowest BCUT2D eigenvalue weighted by Gasteiger charge is -2.41. The largest absolute Gasteiger partial charge is 0.444 e. The van der Waals surface area contributed by atoms with E-state index in [0.717, 1.165) is 25.9 Å². The third-order valence-electron chi connectivity index (χ3n) is 2.81. The van der Waals surface area contributed by atoms with E-state index in [4.69, 9.17) is 10.5 Å². The maximum absolute atomic E-state index is 10.6. The predicted molar refractivity (Wildman–Crippen MR) is 55.0 cm³/mol. The van der Waals surface area contributed by atoms with Gasteiger partial charge in [-0.3, -0.25) is 0 Å². The van der Waals surface area contributed by atoms with Crippen molar-refractivity contribution in [2.24, 2.45) is 11.1 Å². The molecule has 0 atom stereocenters. The lowest BCUT2D eigenvalue weighted by molar-refractivity contribution is 0.0225. The average Bonchev–Trinajstić information content (AvgIpc) is 1.95. The van der Waals surface area contributed by atoms with Crippen LogP contribution in [0.15, 0.2) is 0 Å². The minimum atomic E-state index is -0.688. The monoisotopic (exact) mass is 200 g/mol. The summed E-state index contributed by atoms with van der Waals surface area (Å²) in [7, 11) is 0. The van der Waals surface area contributed by atoms with Crippen LogP contribution >= 0.6 is 0 Å². The van der Waals surface area contributed by atoms with Crippen molar-refractivity contribution >= 4 is 6.09 Å². The number of ether oxygens (including phenoxy) is 1. The van der Waals surface area contributed by atoms with Gasteiger partial charge in [0.1, 0.15) is 5.60 Å². The van der Waals surface area contributed by atoms with E-state index in [1.165, 1.54) is 0 Å². The summed E-state index contributed by atoms with van der Waals surface area (Å²) in [5.41, 5.74) is 4.92. The third kappa shape index (κ3) is 3.18. The first-order valence-corrected chi connectivity index (χ1v) is 5.02. The number of hydrogen-bond acceptors (Lipinski definition) is 3. The third-order valence-corrected chi connectivity index (χ3v) is 2.81. The van der Waals surface area contributed by atoms with Crippen LogP contribution in [0.1, 0.15) is 33.6 Å². The van der Waals surface area contributed by atoms with Crippen LogP contribution in [0.25, 0.3) is 0 Å². The van der Waals surface area contributed by atoms with Crippen molar-refractivity contribution in [3.63, 3.8) is 0 Å². The zero-order valence-corrected chi connectivity index (χ0v) is 9.22. The van der Waals surface area contributed by atoms with E-state index in [9.17, 15) is 4.79 Å². The summed E-state index contributed by atoms with van der Waals surface area (Å²) in [6.07, 6.45) is 1.22. The molecule has 4 heteroatoms. The molecule has 0 aromatic rings. The highest BCUT2D eigenvalue weighted by atomic mass is 16.6. The minimum absolute atomic E-state index is 0.373. The highest BCUT2D eigenvalue weighted by molar-refractivity contribution is 5.65. The fourth-order valence-electron chi connectivity index (χ4n) is 1.65. The molecule has 4 nitrogen and oxygen atoms in total. The molecule has 0 spiro atoms. The van der Waals surface area contributed by atoms with Crippen molar-refractivity contribution in [3.05, 3.63) is 0 Å². The van der Waals surface area contributed by atoms with E-state index in [1.807, 2.05) is 13.8 Å². The predicted octanol–water partition coefficient (Wildman–Crippen LogP) is 1.25. The summed E-state index contributed by atoms with van der Waals surface area (Å²) < 4.78 is 5.02. The zero-order chi connectivity index (χ0) is 10.8. The second-order valence-electron chi connectivity index (χ2n) is 5.10. The molecular formula is C10H20N2O2. The molecule has 1 saturated heterocycles. The zero-order valence-electron chi connectivity index (χ0n) is 9.22. The molecule has 0 aromatic heterocycles. The Morgan fingerprint density at radius 3 is 2.50 bits per heavy atom. The van der Waals surface area contributed by atoms with E-state index in [2.05, 4.69) is 12.2 Å². The van der Waals surface area contributed by atoms with E-state index in [-0.39, 0.29) is 0 Å². The maximum atomic E-state index is 10.6. The number of hydrogen-bond donors (Lipinski definition) is 2. The summed E-state index contributed by atoms with van der Waals surface area (Å²) in [5, 5.41) is 3.25. The number of nitrogens with two attached hydrogens (primary N) is 1. The van der Waals surface area contributed by atoms with Gasteiger partial charge in [-0.1, -0.05) is 6.92 Å². The second-order valence-corrected chi connectivity index (χ2v) is 5.10. The Hall–Kier alpha value is -0.770. The summed E-state index contributed by atoms with van der Waals surface area (Å²) in [5.74, 6) is 0.